The van der Waals surface area contributed by atoms with E-state index in [1.807, 2.05) is 6.08 Å². The molecule has 1 heteroatoms. The van der Waals surface area contributed by atoms with Crippen molar-refractivity contribution in [3.63, 3.8) is 0 Å². The van der Waals surface area contributed by atoms with E-state index in [2.05, 4.69) is 33.4 Å². The Morgan fingerprint density at radius 3 is 2.82 bits per heavy atom. The molecule has 1 aliphatic rings. The Labute approximate surface area is 107 Å². The Balaban J connectivity index is 2.92. The molecule has 1 nitrogen and oxygen atoms in total. The summed E-state index contributed by atoms with van der Waals surface area (Å²) in [7, 11) is 0. The number of rotatable bonds is 4. The molecule has 0 spiro atoms. The molecule has 0 amide bonds. The van der Waals surface area contributed by atoms with Crippen molar-refractivity contribution in [2.24, 2.45) is 11.3 Å². The Hall–Kier alpha value is -0.520. The maximum absolute atomic E-state index is 9.78. The first-order valence-electron chi connectivity index (χ1n) is 7.18. The second kappa shape index (κ2) is 6.42. The van der Waals surface area contributed by atoms with Crippen LogP contribution in [-0.4, -0.2) is 11.2 Å². The van der Waals surface area contributed by atoms with Gasteiger partial charge in [0.05, 0.1) is 6.10 Å². The van der Waals surface area contributed by atoms with Crippen molar-refractivity contribution in [3.8, 4) is 0 Å². The van der Waals surface area contributed by atoms with Gasteiger partial charge in [0.2, 0.25) is 0 Å². The zero-order valence-electron chi connectivity index (χ0n) is 11.9. The molecule has 1 aliphatic carbocycles. The van der Waals surface area contributed by atoms with Crippen LogP contribution in [0.3, 0.4) is 0 Å². The molecular formula is C16H28O. The van der Waals surface area contributed by atoms with Gasteiger partial charge in [0, 0.05) is 0 Å². The second-order valence-corrected chi connectivity index (χ2v) is 5.79. The maximum Gasteiger partial charge on any atom is 0.0794 e. The molecule has 0 radical (unpaired) electrons. The van der Waals surface area contributed by atoms with E-state index >= 15 is 0 Å². The summed E-state index contributed by atoms with van der Waals surface area (Å²) < 4.78 is 0. The summed E-state index contributed by atoms with van der Waals surface area (Å²) in [6.45, 7) is 9.02. The average molecular weight is 236 g/mol. The number of aliphatic hydroxyl groups excluding tert-OH is 1. The first-order valence-corrected chi connectivity index (χ1v) is 7.18. The lowest BCUT2D eigenvalue weighted by molar-refractivity contribution is 0.211. The molecule has 1 fully saturated rings. The predicted molar refractivity (Wildman–Crippen MR) is 73.9 cm³/mol. The fourth-order valence-electron chi connectivity index (χ4n) is 2.92. The van der Waals surface area contributed by atoms with Gasteiger partial charge in [-0.25, -0.2) is 0 Å². The molecule has 0 aliphatic heterocycles. The first kappa shape index (κ1) is 14.5. The Morgan fingerprint density at radius 1 is 1.53 bits per heavy atom. The molecular weight excluding hydrogens is 208 g/mol. The summed E-state index contributed by atoms with van der Waals surface area (Å²) >= 11 is 0. The summed E-state index contributed by atoms with van der Waals surface area (Å²) in [5.74, 6) is 0.624. The van der Waals surface area contributed by atoms with Crippen LogP contribution in [0.2, 0.25) is 0 Å². The molecule has 1 N–H and O–H groups in total. The summed E-state index contributed by atoms with van der Waals surface area (Å²) in [6, 6.07) is 0. The lowest BCUT2D eigenvalue weighted by Gasteiger charge is -2.38. The van der Waals surface area contributed by atoms with Crippen LogP contribution in [0, 0.1) is 11.3 Å². The highest BCUT2D eigenvalue weighted by Gasteiger charge is 2.33. The molecule has 0 aromatic heterocycles. The maximum atomic E-state index is 9.78. The first-order chi connectivity index (χ1) is 8.03. The van der Waals surface area contributed by atoms with Crippen molar-refractivity contribution in [3.05, 3.63) is 17.4 Å². The zero-order valence-corrected chi connectivity index (χ0v) is 11.9. The summed E-state index contributed by atoms with van der Waals surface area (Å²) in [6.07, 6.45) is 8.49. The lowest BCUT2D eigenvalue weighted by atomic mass is 9.66. The van der Waals surface area contributed by atoms with Crippen molar-refractivity contribution >= 4 is 0 Å². The van der Waals surface area contributed by atoms with Crippen LogP contribution in [0.1, 0.15) is 66.2 Å². The van der Waals surface area contributed by atoms with Crippen LogP contribution in [0.15, 0.2) is 17.4 Å². The van der Waals surface area contributed by atoms with Gasteiger partial charge in [-0.1, -0.05) is 40.5 Å². The van der Waals surface area contributed by atoms with Gasteiger partial charge >= 0.3 is 0 Å². The van der Waals surface area contributed by atoms with Gasteiger partial charge in [-0.3, -0.25) is 0 Å². The minimum atomic E-state index is -0.317. The fraction of sp³-hybridized carbons (Fsp3) is 0.812. The summed E-state index contributed by atoms with van der Waals surface area (Å²) in [5.41, 5.74) is 5.18. The Kier molecular flexibility index (Phi) is 5.49. The third-order valence-corrected chi connectivity index (χ3v) is 4.30. The SMILES string of the molecule is CCCC(O)C=C=C1C(C)CCCC1(C)CC. The molecule has 1 rings (SSSR count). The van der Waals surface area contributed by atoms with Crippen molar-refractivity contribution in [1.82, 2.24) is 0 Å². The molecule has 98 valence electrons. The van der Waals surface area contributed by atoms with Crippen LogP contribution in [0.4, 0.5) is 0 Å². The number of aliphatic hydroxyl groups is 1. The molecule has 1 saturated carbocycles. The smallest absolute Gasteiger partial charge is 0.0794 e. The van der Waals surface area contributed by atoms with Crippen LogP contribution < -0.4 is 0 Å². The minimum absolute atomic E-state index is 0.306. The van der Waals surface area contributed by atoms with E-state index in [9.17, 15) is 5.11 Å². The van der Waals surface area contributed by atoms with Crippen molar-refractivity contribution in [2.45, 2.75) is 72.3 Å². The standard InChI is InChI=1S/C16H28O/c1-5-8-14(17)10-11-15-13(3)9-7-12-16(15,4)6-2/h10,13-14,17H,5-9,12H2,1-4H3. The van der Waals surface area contributed by atoms with Crippen LogP contribution in [0.5, 0.6) is 0 Å². The summed E-state index contributed by atoms with van der Waals surface area (Å²) in [5, 5.41) is 9.78. The van der Waals surface area contributed by atoms with Crippen molar-refractivity contribution < 1.29 is 5.11 Å². The van der Waals surface area contributed by atoms with E-state index in [1.165, 1.54) is 31.3 Å². The Morgan fingerprint density at radius 2 is 2.24 bits per heavy atom. The van der Waals surface area contributed by atoms with Gasteiger partial charge in [0.15, 0.2) is 0 Å². The predicted octanol–water partition coefficient (Wildman–Crippen LogP) is 4.47. The van der Waals surface area contributed by atoms with E-state index in [0.29, 0.717) is 11.3 Å². The molecule has 0 bridgehead atoms. The molecule has 0 aromatic carbocycles. The largest absolute Gasteiger partial charge is 0.388 e. The van der Waals surface area contributed by atoms with Gasteiger partial charge in [0.25, 0.3) is 0 Å². The minimum Gasteiger partial charge on any atom is -0.388 e. The molecule has 0 saturated heterocycles. The van der Waals surface area contributed by atoms with Crippen LogP contribution in [0.25, 0.3) is 0 Å². The third kappa shape index (κ3) is 3.72. The number of hydrogen-bond donors (Lipinski definition) is 1. The van der Waals surface area contributed by atoms with Gasteiger partial charge in [0.1, 0.15) is 0 Å². The van der Waals surface area contributed by atoms with Crippen LogP contribution >= 0.6 is 0 Å². The summed E-state index contributed by atoms with van der Waals surface area (Å²) in [4.78, 5) is 0. The molecule has 3 unspecified atom stereocenters. The zero-order chi connectivity index (χ0) is 12.9. The highest BCUT2D eigenvalue weighted by Crippen LogP contribution is 2.45. The molecule has 3 atom stereocenters. The molecule has 0 heterocycles. The van der Waals surface area contributed by atoms with E-state index in [0.717, 1.165) is 12.8 Å². The van der Waals surface area contributed by atoms with Gasteiger partial charge in [-0.2, -0.15) is 0 Å². The highest BCUT2D eigenvalue weighted by molar-refractivity contribution is 5.18. The van der Waals surface area contributed by atoms with Gasteiger partial charge in [-0.05, 0) is 48.7 Å². The monoisotopic (exact) mass is 236 g/mol. The normalized spacial score (nSPS) is 30.9. The molecule has 0 aromatic rings. The second-order valence-electron chi connectivity index (χ2n) is 5.79. The average Bonchev–Trinajstić information content (AvgIpc) is 2.29. The molecule has 17 heavy (non-hydrogen) atoms. The van der Waals surface area contributed by atoms with E-state index in [4.69, 9.17) is 0 Å². The van der Waals surface area contributed by atoms with Gasteiger partial charge in [-0.15, -0.1) is 5.73 Å². The topological polar surface area (TPSA) is 20.2 Å². The van der Waals surface area contributed by atoms with Crippen molar-refractivity contribution in [1.29, 1.82) is 0 Å². The van der Waals surface area contributed by atoms with Gasteiger partial charge < -0.3 is 5.11 Å². The third-order valence-electron chi connectivity index (χ3n) is 4.30. The Bertz CT molecular complexity index is 299. The van der Waals surface area contributed by atoms with E-state index in [-0.39, 0.29) is 6.10 Å². The van der Waals surface area contributed by atoms with E-state index < -0.39 is 0 Å². The fourth-order valence-corrected chi connectivity index (χ4v) is 2.92. The quantitative estimate of drug-likeness (QED) is 0.714. The van der Waals surface area contributed by atoms with E-state index in [1.54, 1.807) is 0 Å². The number of hydrogen-bond acceptors (Lipinski definition) is 1. The lowest BCUT2D eigenvalue weighted by Crippen LogP contribution is -2.27. The van der Waals surface area contributed by atoms with Crippen LogP contribution in [-0.2, 0) is 0 Å². The highest BCUT2D eigenvalue weighted by atomic mass is 16.3. The van der Waals surface area contributed by atoms with Crippen molar-refractivity contribution in [2.75, 3.05) is 0 Å².